The molecule has 2 aliphatic heterocycles. The summed E-state index contributed by atoms with van der Waals surface area (Å²) in [5, 5.41) is 12.1. The van der Waals surface area contributed by atoms with E-state index in [1.807, 2.05) is 0 Å². The normalized spacial score (nSPS) is 26.7. The molecule has 124 valence electrons. The smallest absolute Gasteiger partial charge is 0.321 e. The number of nitrogens with zero attached hydrogens (tertiary/aromatic N) is 1. The molecule has 2 heterocycles. The lowest BCUT2D eigenvalue weighted by atomic mass is 9.76. The highest BCUT2D eigenvalue weighted by Gasteiger charge is 2.55. The summed E-state index contributed by atoms with van der Waals surface area (Å²) in [6, 6.07) is 3.45. The molecule has 23 heavy (non-hydrogen) atoms. The van der Waals surface area contributed by atoms with Crippen LogP contribution < -0.4 is 5.32 Å². The van der Waals surface area contributed by atoms with Gasteiger partial charge in [-0.15, -0.1) is 0 Å². The molecule has 8 heteroatoms. The van der Waals surface area contributed by atoms with Gasteiger partial charge >= 0.3 is 12.0 Å². The quantitative estimate of drug-likeness (QED) is 0.865. The van der Waals surface area contributed by atoms with Gasteiger partial charge in [0, 0.05) is 25.4 Å². The van der Waals surface area contributed by atoms with E-state index in [2.05, 4.69) is 5.32 Å². The molecule has 0 bridgehead atoms. The lowest BCUT2D eigenvalue weighted by Gasteiger charge is -2.33. The van der Waals surface area contributed by atoms with Crippen molar-refractivity contribution in [1.29, 1.82) is 0 Å². The number of nitrogens with one attached hydrogen (secondary N) is 1. The van der Waals surface area contributed by atoms with Crippen LogP contribution in [0.5, 0.6) is 0 Å². The van der Waals surface area contributed by atoms with Gasteiger partial charge in [0.05, 0.1) is 11.6 Å². The summed E-state index contributed by atoms with van der Waals surface area (Å²) >= 11 is 5.69. The molecule has 0 aromatic heterocycles. The summed E-state index contributed by atoms with van der Waals surface area (Å²) < 4.78 is 18.5. The first-order chi connectivity index (χ1) is 10.9. The highest BCUT2D eigenvalue weighted by atomic mass is 35.5. The Morgan fingerprint density at radius 2 is 2.26 bits per heavy atom. The fourth-order valence-corrected chi connectivity index (χ4v) is 3.40. The number of hydrogen-bond donors (Lipinski definition) is 2. The van der Waals surface area contributed by atoms with Crippen LogP contribution in [0.3, 0.4) is 0 Å². The monoisotopic (exact) mass is 342 g/mol. The fraction of sp³-hybridized carbons (Fsp3) is 0.467. The number of anilines is 1. The highest BCUT2D eigenvalue weighted by molar-refractivity contribution is 6.31. The summed E-state index contributed by atoms with van der Waals surface area (Å²) in [6.07, 6.45) is 0.610. The number of carboxylic acid groups (broad SMARTS) is 1. The van der Waals surface area contributed by atoms with E-state index in [4.69, 9.17) is 16.3 Å². The number of hydrogen-bond acceptors (Lipinski definition) is 3. The van der Waals surface area contributed by atoms with Crippen molar-refractivity contribution in [2.45, 2.75) is 6.42 Å². The van der Waals surface area contributed by atoms with Gasteiger partial charge in [0.25, 0.3) is 0 Å². The molecule has 2 amide bonds. The number of carbonyl (C=O) groups excluding carboxylic acids is 1. The molecule has 2 fully saturated rings. The molecule has 0 saturated carbocycles. The first-order valence-electron chi connectivity index (χ1n) is 7.24. The van der Waals surface area contributed by atoms with Crippen molar-refractivity contribution >= 4 is 29.3 Å². The Labute approximate surface area is 137 Å². The second-order valence-electron chi connectivity index (χ2n) is 5.94. The maximum Gasteiger partial charge on any atom is 0.321 e. The first kappa shape index (κ1) is 16.0. The van der Waals surface area contributed by atoms with Crippen molar-refractivity contribution in [2.75, 3.05) is 31.6 Å². The van der Waals surface area contributed by atoms with Crippen LogP contribution in [0.4, 0.5) is 14.9 Å². The standard InChI is InChI=1S/C15H16ClFN2O4/c16-11-5-10(1-2-12(11)17)18-14(22)19-6-9-3-4-23-8-15(9,7-19)13(20)21/h1-2,5,9H,3-4,6-8H2,(H,18,22)(H,20,21)/t9-,15+/m0/s1. The third-order valence-electron chi connectivity index (χ3n) is 4.55. The Kier molecular flexibility index (Phi) is 4.16. The molecule has 2 saturated heterocycles. The number of amides is 2. The van der Waals surface area contributed by atoms with Crippen LogP contribution in [0, 0.1) is 17.2 Å². The predicted molar refractivity (Wildman–Crippen MR) is 81.0 cm³/mol. The van der Waals surface area contributed by atoms with E-state index < -0.39 is 23.2 Å². The Bertz CT molecular complexity index is 656. The third kappa shape index (κ3) is 2.86. The predicted octanol–water partition coefficient (Wildman–Crippen LogP) is 2.43. The van der Waals surface area contributed by atoms with Gasteiger partial charge in [0.2, 0.25) is 0 Å². The Hall–Kier alpha value is -1.86. The average Bonchev–Trinajstić information content (AvgIpc) is 2.92. The SMILES string of the molecule is O=C(Nc1ccc(F)c(Cl)c1)N1C[C@@H]2CCOC[C@]2(C(=O)O)C1. The van der Waals surface area contributed by atoms with Crippen molar-refractivity contribution in [3.8, 4) is 0 Å². The van der Waals surface area contributed by atoms with E-state index in [0.29, 0.717) is 25.3 Å². The summed E-state index contributed by atoms with van der Waals surface area (Å²) in [6.45, 7) is 1.06. The van der Waals surface area contributed by atoms with E-state index in [1.165, 1.54) is 17.0 Å². The molecule has 0 radical (unpaired) electrons. The summed E-state index contributed by atoms with van der Waals surface area (Å²) in [4.78, 5) is 25.5. The zero-order chi connectivity index (χ0) is 16.6. The number of fused-ring (bicyclic) bond motifs is 1. The fourth-order valence-electron chi connectivity index (χ4n) is 3.22. The molecule has 1 aromatic rings. The minimum atomic E-state index is -1.05. The van der Waals surface area contributed by atoms with Crippen molar-refractivity contribution < 1.29 is 23.8 Å². The van der Waals surface area contributed by atoms with Crippen molar-refractivity contribution in [1.82, 2.24) is 4.90 Å². The lowest BCUT2D eigenvalue weighted by Crippen LogP contribution is -2.46. The van der Waals surface area contributed by atoms with E-state index in [-0.39, 0.29) is 24.1 Å². The van der Waals surface area contributed by atoms with Crippen LogP contribution in [-0.2, 0) is 9.53 Å². The number of rotatable bonds is 2. The molecule has 2 aliphatic rings. The molecule has 6 nitrogen and oxygen atoms in total. The molecule has 2 N–H and O–H groups in total. The van der Waals surface area contributed by atoms with Gasteiger partial charge in [-0.25, -0.2) is 9.18 Å². The van der Waals surface area contributed by atoms with E-state index in [0.717, 1.165) is 6.07 Å². The minimum Gasteiger partial charge on any atom is -0.481 e. The summed E-state index contributed by atoms with van der Waals surface area (Å²) in [7, 11) is 0. The molecule has 0 spiro atoms. The largest absolute Gasteiger partial charge is 0.481 e. The van der Waals surface area contributed by atoms with Gasteiger partial charge < -0.3 is 20.1 Å². The second-order valence-corrected chi connectivity index (χ2v) is 6.35. The zero-order valence-electron chi connectivity index (χ0n) is 12.2. The number of carbonyl (C=O) groups is 2. The van der Waals surface area contributed by atoms with Gasteiger partial charge in [0.15, 0.2) is 0 Å². The molecule has 0 aliphatic carbocycles. The topological polar surface area (TPSA) is 78.9 Å². The van der Waals surface area contributed by atoms with E-state index in [1.54, 1.807) is 0 Å². The second kappa shape index (κ2) is 5.98. The molecule has 2 atom stereocenters. The Balaban J connectivity index is 1.73. The van der Waals surface area contributed by atoms with Crippen LogP contribution >= 0.6 is 11.6 Å². The lowest BCUT2D eigenvalue weighted by molar-refractivity contribution is -0.159. The van der Waals surface area contributed by atoms with Gasteiger partial charge in [0.1, 0.15) is 11.2 Å². The van der Waals surface area contributed by atoms with Crippen molar-refractivity contribution in [2.24, 2.45) is 11.3 Å². The number of benzene rings is 1. The van der Waals surface area contributed by atoms with Gasteiger partial charge in [-0.1, -0.05) is 11.6 Å². The van der Waals surface area contributed by atoms with Gasteiger partial charge in [-0.2, -0.15) is 0 Å². The molecule has 1 aromatic carbocycles. The van der Waals surface area contributed by atoms with Crippen LogP contribution in [0.2, 0.25) is 5.02 Å². The Morgan fingerprint density at radius 1 is 1.48 bits per heavy atom. The maximum absolute atomic E-state index is 13.1. The summed E-state index contributed by atoms with van der Waals surface area (Å²) in [5.41, 5.74) is -0.687. The molecular formula is C15H16ClFN2O4. The van der Waals surface area contributed by atoms with Gasteiger partial charge in [-0.05, 0) is 30.5 Å². The summed E-state index contributed by atoms with van der Waals surface area (Å²) in [5.74, 6) is -1.64. The number of halogens is 2. The minimum absolute atomic E-state index is 0.0895. The van der Waals surface area contributed by atoms with Crippen LogP contribution in [0.1, 0.15) is 6.42 Å². The highest BCUT2D eigenvalue weighted by Crippen LogP contribution is 2.41. The van der Waals surface area contributed by atoms with E-state index >= 15 is 0 Å². The molecule has 0 unspecified atom stereocenters. The Morgan fingerprint density at radius 3 is 2.91 bits per heavy atom. The number of urea groups is 1. The van der Waals surface area contributed by atoms with Crippen molar-refractivity contribution in [3.63, 3.8) is 0 Å². The third-order valence-corrected chi connectivity index (χ3v) is 4.84. The number of ether oxygens (including phenoxy) is 1. The number of carboxylic acids is 1. The average molecular weight is 343 g/mol. The first-order valence-corrected chi connectivity index (χ1v) is 7.62. The maximum atomic E-state index is 13.1. The van der Waals surface area contributed by atoms with Crippen LogP contribution in [0.15, 0.2) is 18.2 Å². The zero-order valence-corrected chi connectivity index (χ0v) is 13.0. The van der Waals surface area contributed by atoms with Crippen LogP contribution in [0.25, 0.3) is 0 Å². The number of likely N-dealkylation sites (tertiary alicyclic amines) is 1. The van der Waals surface area contributed by atoms with Gasteiger partial charge in [-0.3, -0.25) is 4.79 Å². The van der Waals surface area contributed by atoms with Crippen molar-refractivity contribution in [3.05, 3.63) is 29.0 Å². The van der Waals surface area contributed by atoms with E-state index in [9.17, 15) is 19.1 Å². The number of aliphatic carboxylic acids is 1. The van der Waals surface area contributed by atoms with Crippen LogP contribution in [-0.4, -0.2) is 48.3 Å². The molecule has 3 rings (SSSR count). The molecular weight excluding hydrogens is 327 g/mol.